The van der Waals surface area contributed by atoms with E-state index in [0.717, 1.165) is 95.3 Å². The SMILES string of the molecule is CN(C)CC(=O)N1CCC(c2ccc(NC(=O)c3ncc(C#N)[nH]3)c(C3=CCCCC3)c2)CC1.Cn1cncc1[C@@](N)(c1ccc(Cl)cc1)c1ccc2c(c1)c(-c1cccc(Cl)c1)cc(=O)n2C. The fourth-order valence-corrected chi connectivity index (χ4v) is 9.61. The van der Waals surface area contributed by atoms with Gasteiger partial charge in [0.15, 0.2) is 5.82 Å². The molecule has 2 amide bonds. The van der Waals surface area contributed by atoms with E-state index in [4.69, 9.17) is 34.2 Å². The Balaban J connectivity index is 0.000000184. The quantitative estimate of drug-likeness (QED) is 0.122. The van der Waals surface area contributed by atoms with Crippen LogP contribution in [0.4, 0.5) is 5.69 Å². The molecule has 15 heteroatoms. The molecule has 4 heterocycles. The minimum absolute atomic E-state index is 0.0985. The monoisotopic (exact) mass is 948 g/mol. The fourth-order valence-electron chi connectivity index (χ4n) is 9.29. The van der Waals surface area contributed by atoms with Gasteiger partial charge in [-0.2, -0.15) is 5.26 Å². The van der Waals surface area contributed by atoms with Crippen LogP contribution in [-0.2, 0) is 24.4 Å². The number of fused-ring (bicyclic) bond motifs is 1. The second-order valence-electron chi connectivity index (χ2n) is 17.8. The molecule has 0 spiro atoms. The van der Waals surface area contributed by atoms with Crippen LogP contribution in [0.3, 0.4) is 0 Å². The van der Waals surface area contributed by atoms with Gasteiger partial charge in [-0.1, -0.05) is 65.7 Å². The van der Waals surface area contributed by atoms with Gasteiger partial charge < -0.3 is 35.0 Å². The van der Waals surface area contributed by atoms with Crippen LogP contribution in [0.5, 0.6) is 0 Å². The number of hydrogen-bond donors (Lipinski definition) is 3. The van der Waals surface area contributed by atoms with Crippen molar-refractivity contribution in [2.75, 3.05) is 39.0 Å². The summed E-state index contributed by atoms with van der Waals surface area (Å²) in [6, 6.07) is 30.9. The van der Waals surface area contributed by atoms with E-state index in [0.29, 0.717) is 22.5 Å². The van der Waals surface area contributed by atoms with Crippen LogP contribution >= 0.6 is 23.2 Å². The average molecular weight is 950 g/mol. The zero-order valence-electron chi connectivity index (χ0n) is 38.6. The molecule has 2 aliphatic rings. The summed E-state index contributed by atoms with van der Waals surface area (Å²) in [5.41, 5.74) is 15.7. The Kier molecular flexibility index (Phi) is 14.4. The van der Waals surface area contributed by atoms with Crippen molar-refractivity contribution in [1.29, 1.82) is 5.26 Å². The number of nitrogens with one attached hydrogen (secondary N) is 2. The zero-order chi connectivity index (χ0) is 48.1. The summed E-state index contributed by atoms with van der Waals surface area (Å²) in [5, 5.41) is 14.1. The summed E-state index contributed by atoms with van der Waals surface area (Å²) >= 11 is 12.4. The van der Waals surface area contributed by atoms with Crippen LogP contribution in [0, 0.1) is 11.3 Å². The molecular formula is C53H54Cl2N10O3. The van der Waals surface area contributed by atoms with E-state index in [1.807, 2.05) is 114 Å². The number of hydrogen-bond acceptors (Lipinski definition) is 8. The number of nitriles is 1. The number of rotatable bonds is 10. The van der Waals surface area contributed by atoms with Crippen molar-refractivity contribution >= 4 is 57.2 Å². The van der Waals surface area contributed by atoms with Crippen LogP contribution < -0.4 is 16.6 Å². The van der Waals surface area contributed by atoms with Gasteiger partial charge in [0.2, 0.25) is 5.91 Å². The van der Waals surface area contributed by atoms with E-state index in [-0.39, 0.29) is 28.9 Å². The van der Waals surface area contributed by atoms with E-state index in [2.05, 4.69) is 38.5 Å². The number of likely N-dealkylation sites (N-methyl/N-ethyl adjacent to an activating group) is 1. The molecule has 1 aliphatic heterocycles. The lowest BCUT2D eigenvalue weighted by Crippen LogP contribution is -2.42. The third kappa shape index (κ3) is 10.2. The van der Waals surface area contributed by atoms with Crippen LogP contribution in [0.25, 0.3) is 27.6 Å². The Morgan fingerprint density at radius 2 is 1.69 bits per heavy atom. The third-order valence-electron chi connectivity index (χ3n) is 13.0. The maximum Gasteiger partial charge on any atom is 0.291 e. The molecule has 9 rings (SSSR count). The van der Waals surface area contributed by atoms with Gasteiger partial charge in [-0.15, -0.1) is 0 Å². The van der Waals surface area contributed by atoms with Crippen LogP contribution in [0.15, 0.2) is 121 Å². The Hall–Kier alpha value is -6.82. The van der Waals surface area contributed by atoms with Gasteiger partial charge in [-0.3, -0.25) is 14.4 Å². The molecule has 1 atom stereocenters. The number of allylic oxidation sites excluding steroid dienone is 2. The van der Waals surface area contributed by atoms with E-state index in [1.165, 1.54) is 23.8 Å². The Morgan fingerprint density at radius 1 is 0.926 bits per heavy atom. The number of anilines is 1. The van der Waals surface area contributed by atoms with Crippen molar-refractivity contribution in [3.63, 3.8) is 0 Å². The van der Waals surface area contributed by atoms with Gasteiger partial charge >= 0.3 is 0 Å². The minimum atomic E-state index is -1.01. The second kappa shape index (κ2) is 20.6. The highest BCUT2D eigenvalue weighted by Gasteiger charge is 2.35. The maximum atomic E-state index is 12.8. The highest BCUT2D eigenvalue weighted by Crippen LogP contribution is 2.39. The summed E-state index contributed by atoms with van der Waals surface area (Å²) < 4.78 is 3.55. The van der Waals surface area contributed by atoms with Gasteiger partial charge in [0.1, 0.15) is 17.3 Å². The lowest BCUT2D eigenvalue weighted by atomic mass is 9.80. The molecule has 1 saturated heterocycles. The molecule has 0 unspecified atom stereocenters. The topological polar surface area (TPSA) is 171 Å². The summed E-state index contributed by atoms with van der Waals surface area (Å²) in [5.74, 6) is 0.338. The number of carbonyl (C=O) groups excluding carboxylic acids is 2. The molecule has 3 aromatic heterocycles. The molecule has 1 fully saturated rings. The fraction of sp³-hybridized carbons (Fsp3) is 0.283. The Bertz CT molecular complexity index is 3120. The van der Waals surface area contributed by atoms with Gasteiger partial charge in [-0.25, -0.2) is 9.97 Å². The van der Waals surface area contributed by atoms with Crippen molar-refractivity contribution in [3.05, 3.63) is 176 Å². The largest absolute Gasteiger partial charge is 0.342 e. The van der Waals surface area contributed by atoms with Crippen LogP contribution in [0.1, 0.15) is 88.7 Å². The molecule has 0 saturated carbocycles. The van der Waals surface area contributed by atoms with E-state index in [1.54, 1.807) is 30.2 Å². The number of aromatic amines is 1. The summed E-state index contributed by atoms with van der Waals surface area (Å²) in [6.45, 7) is 1.99. The molecule has 7 aromatic rings. The number of aryl methyl sites for hydroxylation is 2. The number of carbonyl (C=O) groups is 2. The lowest BCUT2D eigenvalue weighted by molar-refractivity contribution is -0.132. The first-order valence-electron chi connectivity index (χ1n) is 22.7. The molecule has 68 heavy (non-hydrogen) atoms. The number of likely N-dealkylation sites (tertiary alicyclic amines) is 1. The third-order valence-corrected chi connectivity index (χ3v) is 13.5. The number of imidazole rings is 2. The van der Waals surface area contributed by atoms with Crippen molar-refractivity contribution in [1.82, 2.24) is 33.9 Å². The number of benzene rings is 4. The number of pyridine rings is 1. The van der Waals surface area contributed by atoms with Gasteiger partial charge in [0, 0.05) is 59.9 Å². The first-order valence-corrected chi connectivity index (χ1v) is 23.4. The molecule has 4 aromatic carbocycles. The molecule has 348 valence electrons. The van der Waals surface area contributed by atoms with Crippen molar-refractivity contribution in [2.45, 2.75) is 50.0 Å². The van der Waals surface area contributed by atoms with Gasteiger partial charge in [-0.05, 0) is 140 Å². The van der Waals surface area contributed by atoms with Gasteiger partial charge in [0.05, 0.1) is 36.5 Å². The summed E-state index contributed by atoms with van der Waals surface area (Å²) in [4.78, 5) is 52.9. The molecule has 13 nitrogen and oxygen atoms in total. The molecule has 1 aliphatic carbocycles. The number of aromatic nitrogens is 5. The maximum absolute atomic E-state index is 12.8. The number of nitrogens with two attached hydrogens (primary N) is 1. The first kappa shape index (κ1) is 47.7. The van der Waals surface area contributed by atoms with Crippen molar-refractivity contribution < 1.29 is 9.59 Å². The van der Waals surface area contributed by atoms with Crippen LogP contribution in [0.2, 0.25) is 10.0 Å². The summed E-state index contributed by atoms with van der Waals surface area (Å²) in [7, 11) is 7.52. The number of amides is 2. The van der Waals surface area contributed by atoms with Crippen LogP contribution in [-0.4, -0.2) is 79.4 Å². The smallest absolute Gasteiger partial charge is 0.291 e. The number of nitrogens with zero attached hydrogens (tertiary/aromatic N) is 7. The molecule has 4 N–H and O–H groups in total. The predicted molar refractivity (Wildman–Crippen MR) is 270 cm³/mol. The van der Waals surface area contributed by atoms with Crippen molar-refractivity contribution in [3.8, 4) is 17.2 Å². The molecule has 0 bridgehead atoms. The van der Waals surface area contributed by atoms with Gasteiger partial charge in [0.25, 0.3) is 11.5 Å². The highest BCUT2D eigenvalue weighted by atomic mass is 35.5. The minimum Gasteiger partial charge on any atom is -0.342 e. The standard InChI is InChI=1S/C27H22Cl2N4O.C26H32N6O2/c1-32-16-31-15-25(32)27(30,18-6-9-20(28)10-7-18)19-8-11-24-23(13-19)22(14-26(34)33(24)2)17-4-3-5-21(29)12-17;1-31(2)17-24(33)32-12-10-18(11-13-32)20-8-9-23(22(14-20)19-6-4-3-5-7-19)30-26(34)25-28-16-21(15-27)29-25/h3-16H,30H2,1-2H3;6,8-9,14,16,18H,3-5,7,10-13,17H2,1-2H3,(H,28,29)(H,30,34)/t27-;/m1./s1. The Labute approximate surface area is 405 Å². The van der Waals surface area contributed by atoms with E-state index in [9.17, 15) is 14.4 Å². The normalized spacial score (nSPS) is 15.0. The predicted octanol–water partition coefficient (Wildman–Crippen LogP) is 9.26. The second-order valence-corrected chi connectivity index (χ2v) is 18.7. The number of H-pyrrole nitrogens is 1. The number of halogens is 2. The molecule has 0 radical (unpaired) electrons. The summed E-state index contributed by atoms with van der Waals surface area (Å²) in [6.07, 6.45) is 13.4. The van der Waals surface area contributed by atoms with E-state index >= 15 is 0 Å². The van der Waals surface area contributed by atoms with E-state index < -0.39 is 5.54 Å². The molecular weight excluding hydrogens is 896 g/mol. The highest BCUT2D eigenvalue weighted by molar-refractivity contribution is 6.31. The first-order chi connectivity index (χ1) is 32.7. The lowest BCUT2D eigenvalue weighted by Gasteiger charge is -2.33. The number of piperidine rings is 1. The zero-order valence-corrected chi connectivity index (χ0v) is 40.1. The van der Waals surface area contributed by atoms with Crippen molar-refractivity contribution in [2.24, 2.45) is 19.8 Å². The average Bonchev–Trinajstić information content (AvgIpc) is 4.03. The Morgan fingerprint density at radius 3 is 2.35 bits per heavy atom.